The summed E-state index contributed by atoms with van der Waals surface area (Å²) in [6, 6.07) is 19.7. The first-order valence-electron chi connectivity index (χ1n) is 11.4. The average Bonchev–Trinajstić information content (AvgIpc) is 3.40. The van der Waals surface area contributed by atoms with Crippen LogP contribution in [-0.4, -0.2) is 36.9 Å². The van der Waals surface area contributed by atoms with Crippen molar-refractivity contribution in [2.45, 2.75) is 19.3 Å². The van der Waals surface area contributed by atoms with Gasteiger partial charge in [0, 0.05) is 18.4 Å². The monoisotopic (exact) mass is 507 g/mol. The number of ether oxygens (including phenoxy) is 3. The molecular weight excluding hydrogens is 484 g/mol. The number of carbonyl (C=O) groups excluding carboxylic acids is 2. The number of Topliss-reactive ketones (excluding diaryl/α,β-unsaturated/α-hetero) is 1. The molecular formula is C28H23F2NO6. The van der Waals surface area contributed by atoms with Crippen molar-refractivity contribution in [1.29, 1.82) is 0 Å². The predicted molar refractivity (Wildman–Crippen MR) is 130 cm³/mol. The molecule has 0 fully saturated rings. The van der Waals surface area contributed by atoms with E-state index >= 15 is 0 Å². The molecule has 0 spiro atoms. The Kier molecular flexibility index (Phi) is 8.25. The number of methoxy groups -OCH3 is 1. The van der Waals surface area contributed by atoms with Crippen molar-refractivity contribution in [3.8, 4) is 28.7 Å². The lowest BCUT2D eigenvalue weighted by Crippen LogP contribution is -2.10. The second kappa shape index (κ2) is 11.9. The molecule has 1 heterocycles. The minimum Gasteiger partial charge on any atom is -0.493 e. The van der Waals surface area contributed by atoms with Crippen molar-refractivity contribution in [1.82, 2.24) is 4.98 Å². The van der Waals surface area contributed by atoms with E-state index < -0.39 is 19.0 Å². The van der Waals surface area contributed by atoms with Crippen LogP contribution in [0.5, 0.6) is 17.2 Å². The first kappa shape index (κ1) is 25.6. The molecule has 4 rings (SSSR count). The summed E-state index contributed by atoms with van der Waals surface area (Å²) in [5.41, 5.74) is 1.68. The lowest BCUT2D eigenvalue weighted by Gasteiger charge is -2.10. The lowest BCUT2D eigenvalue weighted by molar-refractivity contribution is 0.0729. The number of nitrogens with zero attached hydrogens (tertiary/aromatic N) is 1. The molecule has 0 aliphatic carbocycles. The topological polar surface area (TPSA) is 87.9 Å². The number of carbonyl (C=O) groups is 2. The molecule has 7 nitrogen and oxygen atoms in total. The predicted octanol–water partition coefficient (Wildman–Crippen LogP) is 6.03. The number of aryl methyl sites for hydroxylation is 1. The van der Waals surface area contributed by atoms with Crippen LogP contribution >= 0.6 is 0 Å². The highest BCUT2D eigenvalue weighted by molar-refractivity contribution is 5.98. The van der Waals surface area contributed by atoms with Crippen molar-refractivity contribution in [2.24, 2.45) is 0 Å². The van der Waals surface area contributed by atoms with E-state index in [1.54, 1.807) is 60.7 Å². The SMILES string of the molecule is COc1ccc(-c2nc(CCC(=O)c3ccccc3OCC(F)F)co2)cc1OC(=O)c1ccccc1. The summed E-state index contributed by atoms with van der Waals surface area (Å²) in [6.45, 7) is -0.790. The quantitative estimate of drug-likeness (QED) is 0.139. The molecule has 0 atom stereocenters. The van der Waals surface area contributed by atoms with Crippen LogP contribution in [-0.2, 0) is 6.42 Å². The zero-order valence-corrected chi connectivity index (χ0v) is 19.9. The van der Waals surface area contributed by atoms with E-state index in [4.69, 9.17) is 18.6 Å². The number of halogens is 2. The summed E-state index contributed by atoms with van der Waals surface area (Å²) in [4.78, 5) is 29.6. The van der Waals surface area contributed by atoms with E-state index in [1.165, 1.54) is 25.5 Å². The molecule has 190 valence electrons. The molecule has 0 N–H and O–H groups in total. The number of rotatable bonds is 11. The zero-order chi connectivity index (χ0) is 26.2. The maximum absolute atomic E-state index is 12.7. The van der Waals surface area contributed by atoms with E-state index in [-0.39, 0.29) is 41.6 Å². The highest BCUT2D eigenvalue weighted by Crippen LogP contribution is 2.33. The third-order valence-corrected chi connectivity index (χ3v) is 5.33. The van der Waals surface area contributed by atoms with Crippen molar-refractivity contribution in [3.05, 3.63) is 95.9 Å². The first-order chi connectivity index (χ1) is 17.9. The highest BCUT2D eigenvalue weighted by atomic mass is 19.3. The van der Waals surface area contributed by atoms with Crippen molar-refractivity contribution in [3.63, 3.8) is 0 Å². The van der Waals surface area contributed by atoms with Crippen LogP contribution in [0, 0.1) is 0 Å². The van der Waals surface area contributed by atoms with Gasteiger partial charge in [-0.2, -0.15) is 0 Å². The van der Waals surface area contributed by atoms with Gasteiger partial charge in [-0.1, -0.05) is 30.3 Å². The summed E-state index contributed by atoms with van der Waals surface area (Å²) in [6.07, 6.45) is -0.875. The Balaban J connectivity index is 1.44. The molecule has 9 heteroatoms. The number of esters is 1. The maximum Gasteiger partial charge on any atom is 0.343 e. The van der Waals surface area contributed by atoms with Crippen LogP contribution in [0.2, 0.25) is 0 Å². The number of hydrogen-bond acceptors (Lipinski definition) is 7. The van der Waals surface area contributed by atoms with Gasteiger partial charge in [0.05, 0.1) is 23.9 Å². The number of benzene rings is 3. The van der Waals surface area contributed by atoms with E-state index in [1.807, 2.05) is 0 Å². The Hall–Kier alpha value is -4.53. The largest absolute Gasteiger partial charge is 0.493 e. The molecule has 0 saturated heterocycles. The van der Waals surface area contributed by atoms with Gasteiger partial charge in [-0.3, -0.25) is 4.79 Å². The smallest absolute Gasteiger partial charge is 0.343 e. The zero-order valence-electron chi connectivity index (χ0n) is 19.9. The maximum atomic E-state index is 12.7. The Morgan fingerprint density at radius 2 is 1.70 bits per heavy atom. The van der Waals surface area contributed by atoms with Crippen molar-refractivity contribution in [2.75, 3.05) is 13.7 Å². The fraction of sp³-hybridized carbons (Fsp3) is 0.179. The minimum absolute atomic E-state index is 0.0730. The fourth-order valence-corrected chi connectivity index (χ4v) is 3.53. The van der Waals surface area contributed by atoms with Crippen LogP contribution in [0.4, 0.5) is 8.78 Å². The molecule has 0 unspecified atom stereocenters. The molecule has 3 aromatic carbocycles. The summed E-state index contributed by atoms with van der Waals surface area (Å²) >= 11 is 0. The van der Waals surface area contributed by atoms with Gasteiger partial charge in [0.25, 0.3) is 6.43 Å². The van der Waals surface area contributed by atoms with E-state index in [9.17, 15) is 18.4 Å². The molecule has 37 heavy (non-hydrogen) atoms. The van der Waals surface area contributed by atoms with Gasteiger partial charge in [-0.05, 0) is 42.5 Å². The van der Waals surface area contributed by atoms with Crippen LogP contribution in [0.25, 0.3) is 11.5 Å². The third-order valence-electron chi connectivity index (χ3n) is 5.33. The second-order valence-corrected chi connectivity index (χ2v) is 7.89. The van der Waals surface area contributed by atoms with E-state index in [0.29, 0.717) is 22.6 Å². The lowest BCUT2D eigenvalue weighted by atomic mass is 10.0. The number of aromatic nitrogens is 1. The molecule has 1 aromatic heterocycles. The molecule has 0 aliphatic heterocycles. The van der Waals surface area contributed by atoms with Crippen LogP contribution in [0.15, 0.2) is 83.5 Å². The Bertz CT molecular complexity index is 1370. The Morgan fingerprint density at radius 1 is 0.946 bits per heavy atom. The normalized spacial score (nSPS) is 10.8. The minimum atomic E-state index is -2.64. The van der Waals surface area contributed by atoms with Crippen LogP contribution < -0.4 is 14.2 Å². The average molecular weight is 507 g/mol. The second-order valence-electron chi connectivity index (χ2n) is 7.89. The number of ketones is 1. The van der Waals surface area contributed by atoms with Crippen molar-refractivity contribution >= 4 is 11.8 Å². The Morgan fingerprint density at radius 3 is 2.46 bits per heavy atom. The fourth-order valence-electron chi connectivity index (χ4n) is 3.53. The summed E-state index contributed by atoms with van der Waals surface area (Å²) in [5.74, 6) is 0.129. The number of para-hydroxylation sites is 1. The number of hydrogen-bond donors (Lipinski definition) is 0. The molecule has 0 saturated carbocycles. The van der Waals surface area contributed by atoms with Gasteiger partial charge >= 0.3 is 5.97 Å². The molecule has 0 bridgehead atoms. The standard InChI is InChI=1S/C28H23F2NO6/c1-34-24-14-11-19(15-25(24)37-28(33)18-7-3-2-4-8-18)27-31-20(16-36-27)12-13-22(32)21-9-5-6-10-23(21)35-17-26(29)30/h2-11,14-16,26H,12-13,17H2,1H3. The number of alkyl halides is 2. The molecule has 0 radical (unpaired) electrons. The Labute approximate surface area is 211 Å². The summed E-state index contributed by atoms with van der Waals surface area (Å²) in [5, 5.41) is 0. The van der Waals surface area contributed by atoms with Gasteiger partial charge in [-0.15, -0.1) is 0 Å². The van der Waals surface area contributed by atoms with Gasteiger partial charge < -0.3 is 18.6 Å². The molecule has 0 amide bonds. The van der Waals surface area contributed by atoms with Gasteiger partial charge in [-0.25, -0.2) is 18.6 Å². The highest BCUT2D eigenvalue weighted by Gasteiger charge is 2.17. The van der Waals surface area contributed by atoms with Gasteiger partial charge in [0.15, 0.2) is 17.3 Å². The van der Waals surface area contributed by atoms with Gasteiger partial charge in [0.1, 0.15) is 18.6 Å². The van der Waals surface area contributed by atoms with Crippen LogP contribution in [0.1, 0.15) is 32.8 Å². The number of oxazole rings is 1. The van der Waals surface area contributed by atoms with E-state index in [2.05, 4.69) is 4.98 Å². The summed E-state index contributed by atoms with van der Waals surface area (Å²) in [7, 11) is 1.46. The first-order valence-corrected chi connectivity index (χ1v) is 11.4. The van der Waals surface area contributed by atoms with Gasteiger partial charge in [0.2, 0.25) is 5.89 Å². The van der Waals surface area contributed by atoms with E-state index in [0.717, 1.165) is 0 Å². The molecule has 0 aliphatic rings. The van der Waals surface area contributed by atoms with Crippen LogP contribution in [0.3, 0.4) is 0 Å². The third kappa shape index (κ3) is 6.58. The summed E-state index contributed by atoms with van der Waals surface area (Å²) < 4.78 is 46.5. The van der Waals surface area contributed by atoms with Crippen molar-refractivity contribution < 1.29 is 37.0 Å². The molecule has 4 aromatic rings.